The number of ether oxygens (including phenoxy) is 1. The highest BCUT2D eigenvalue weighted by atomic mass is 35.5. The summed E-state index contributed by atoms with van der Waals surface area (Å²) in [5.74, 6) is -0.878. The lowest BCUT2D eigenvalue weighted by molar-refractivity contribution is -0.118. The summed E-state index contributed by atoms with van der Waals surface area (Å²) in [7, 11) is 1.55. The van der Waals surface area contributed by atoms with Crippen LogP contribution in [0.4, 0.5) is 11.4 Å². The number of para-hydroxylation sites is 2. The Bertz CT molecular complexity index is 1800. The van der Waals surface area contributed by atoms with Gasteiger partial charge in [0.2, 0.25) is 5.91 Å². The summed E-state index contributed by atoms with van der Waals surface area (Å²) in [6, 6.07) is 29.7. The molecule has 0 spiro atoms. The molecule has 0 saturated heterocycles. The van der Waals surface area contributed by atoms with Crippen LogP contribution in [-0.2, 0) is 16.6 Å². The number of rotatable bonds is 5. The van der Waals surface area contributed by atoms with Crippen LogP contribution in [0.2, 0.25) is 5.02 Å². The number of benzene rings is 4. The number of hydrogen-bond acceptors (Lipinski definition) is 5. The van der Waals surface area contributed by atoms with Gasteiger partial charge in [0, 0.05) is 32.8 Å². The fourth-order valence-corrected chi connectivity index (χ4v) is 6.18. The molecule has 0 N–H and O–H groups in total. The zero-order valence-electron chi connectivity index (χ0n) is 21.5. The molecule has 8 heteroatoms. The topological polar surface area (TPSA) is 68.6 Å². The maximum absolute atomic E-state index is 13.5. The van der Waals surface area contributed by atoms with E-state index in [1.165, 1.54) is 4.57 Å². The number of carbonyl (C=O) groups is 2. The van der Waals surface area contributed by atoms with Crippen LogP contribution in [-0.4, -0.2) is 23.1 Å². The Labute approximate surface area is 239 Å². The van der Waals surface area contributed by atoms with Crippen molar-refractivity contribution < 1.29 is 14.3 Å². The van der Waals surface area contributed by atoms with Crippen molar-refractivity contribution in [3.8, 4) is 11.1 Å². The molecule has 2 heterocycles. The summed E-state index contributed by atoms with van der Waals surface area (Å²) in [4.78, 5) is 43.9. The molecule has 40 heavy (non-hydrogen) atoms. The highest BCUT2D eigenvalue weighted by Crippen LogP contribution is 2.48. The quantitative estimate of drug-likeness (QED) is 0.210. The molecule has 1 aromatic heterocycles. The van der Waals surface area contributed by atoms with Crippen LogP contribution >= 0.6 is 23.4 Å². The first kappa shape index (κ1) is 25.9. The number of fused-ring (bicyclic) bond motifs is 3. The average molecular weight is 567 g/mol. The second-order valence-electron chi connectivity index (χ2n) is 9.29. The van der Waals surface area contributed by atoms with E-state index < -0.39 is 5.97 Å². The first-order chi connectivity index (χ1) is 19.4. The Balaban J connectivity index is 1.30. The van der Waals surface area contributed by atoms with Crippen molar-refractivity contribution in [1.82, 2.24) is 4.57 Å². The second-order valence-corrected chi connectivity index (χ2v) is 10.8. The van der Waals surface area contributed by atoms with Crippen molar-refractivity contribution in [3.63, 3.8) is 0 Å². The van der Waals surface area contributed by atoms with E-state index in [-0.39, 0.29) is 30.2 Å². The molecule has 4 aromatic carbocycles. The molecule has 5 aromatic rings. The zero-order chi connectivity index (χ0) is 27.8. The van der Waals surface area contributed by atoms with Crippen LogP contribution < -0.4 is 10.5 Å². The third-order valence-electron chi connectivity index (χ3n) is 6.86. The van der Waals surface area contributed by atoms with Gasteiger partial charge < -0.3 is 9.30 Å². The molecule has 1 aliphatic rings. The predicted octanol–water partition coefficient (Wildman–Crippen LogP) is 7.24. The highest BCUT2D eigenvalue weighted by Gasteiger charge is 2.28. The lowest BCUT2D eigenvalue weighted by atomic mass is 9.97. The molecule has 0 fully saturated rings. The van der Waals surface area contributed by atoms with E-state index >= 15 is 0 Å². The van der Waals surface area contributed by atoms with Crippen LogP contribution in [0.15, 0.2) is 112 Å². The molecule has 1 amide bonds. The van der Waals surface area contributed by atoms with Crippen LogP contribution in [0.25, 0.3) is 21.9 Å². The minimum Gasteiger partial charge on any atom is -0.460 e. The second kappa shape index (κ2) is 10.7. The Morgan fingerprint density at radius 3 is 2.02 bits per heavy atom. The van der Waals surface area contributed by atoms with Gasteiger partial charge in [-0.25, -0.2) is 4.79 Å². The van der Waals surface area contributed by atoms with Crippen LogP contribution in [0.3, 0.4) is 0 Å². The van der Waals surface area contributed by atoms with Gasteiger partial charge in [0.1, 0.15) is 12.3 Å². The molecule has 0 unspecified atom stereocenters. The van der Waals surface area contributed by atoms with Crippen LogP contribution in [0.1, 0.15) is 16.9 Å². The van der Waals surface area contributed by atoms with E-state index in [9.17, 15) is 14.4 Å². The van der Waals surface area contributed by atoms with Crippen molar-refractivity contribution in [2.75, 3.05) is 11.5 Å². The zero-order valence-corrected chi connectivity index (χ0v) is 23.0. The van der Waals surface area contributed by atoms with Crippen molar-refractivity contribution in [2.45, 2.75) is 16.2 Å². The van der Waals surface area contributed by atoms with E-state index in [1.807, 2.05) is 60.7 Å². The standard InChI is InChI=1S/C32H23ClN2O4S/c1-34-30(29(20-14-16-21(33)17-15-20)22-8-2-3-9-23(22)31(34)37)32(38)39-19-18-28(36)35-24-10-4-6-12-26(24)40-27-13-7-5-11-25(27)35/h2-17H,18-19H2,1H3. The molecular weight excluding hydrogens is 544 g/mol. The number of nitrogens with zero attached hydrogens (tertiary/aromatic N) is 2. The Kier molecular flexibility index (Phi) is 6.92. The lowest BCUT2D eigenvalue weighted by Crippen LogP contribution is -2.30. The van der Waals surface area contributed by atoms with Gasteiger partial charge in [0.15, 0.2) is 0 Å². The SMILES string of the molecule is Cn1c(C(=O)OCCC(=O)N2c3ccccc3Sc3ccccc32)c(-c2ccc(Cl)cc2)c2ccccc2c1=O. The van der Waals surface area contributed by atoms with Gasteiger partial charge >= 0.3 is 5.97 Å². The number of amides is 1. The molecule has 0 bridgehead atoms. The first-order valence-corrected chi connectivity index (χ1v) is 13.9. The van der Waals surface area contributed by atoms with Crippen LogP contribution in [0, 0.1) is 0 Å². The van der Waals surface area contributed by atoms with E-state index in [0.717, 1.165) is 26.7 Å². The van der Waals surface area contributed by atoms with Gasteiger partial charge in [0.25, 0.3) is 5.56 Å². The molecule has 0 radical (unpaired) electrons. The highest BCUT2D eigenvalue weighted by molar-refractivity contribution is 7.99. The maximum Gasteiger partial charge on any atom is 0.355 e. The minimum atomic E-state index is -0.682. The van der Waals surface area contributed by atoms with Gasteiger partial charge in [0.05, 0.1) is 17.8 Å². The molecule has 6 rings (SSSR count). The van der Waals surface area contributed by atoms with Crippen molar-refractivity contribution in [2.24, 2.45) is 7.05 Å². The molecule has 6 nitrogen and oxygen atoms in total. The largest absolute Gasteiger partial charge is 0.460 e. The molecule has 1 aliphatic heterocycles. The molecular formula is C32H23ClN2O4S. The number of anilines is 2. The van der Waals surface area contributed by atoms with Gasteiger partial charge in [-0.05, 0) is 53.4 Å². The Hall–Kier alpha value is -4.33. The van der Waals surface area contributed by atoms with E-state index in [0.29, 0.717) is 21.4 Å². The Morgan fingerprint density at radius 1 is 0.800 bits per heavy atom. The fraction of sp³-hybridized carbons (Fsp3) is 0.0938. The number of esters is 1. The summed E-state index contributed by atoms with van der Waals surface area (Å²) in [5, 5.41) is 1.68. The van der Waals surface area contributed by atoms with Gasteiger partial charge in [-0.2, -0.15) is 0 Å². The number of aromatic nitrogens is 1. The molecule has 198 valence electrons. The van der Waals surface area contributed by atoms with Crippen molar-refractivity contribution in [3.05, 3.63) is 118 Å². The van der Waals surface area contributed by atoms with Crippen LogP contribution in [0.5, 0.6) is 0 Å². The minimum absolute atomic E-state index is 0.0309. The summed E-state index contributed by atoms with van der Waals surface area (Å²) in [6.45, 7) is -0.146. The third kappa shape index (κ3) is 4.57. The summed E-state index contributed by atoms with van der Waals surface area (Å²) < 4.78 is 6.97. The normalized spacial score (nSPS) is 12.1. The van der Waals surface area contributed by atoms with Crippen molar-refractivity contribution >= 4 is 57.4 Å². The number of carbonyl (C=O) groups excluding carboxylic acids is 2. The summed E-state index contributed by atoms with van der Waals surface area (Å²) in [5.41, 5.74) is 2.69. The average Bonchev–Trinajstić information content (AvgIpc) is 2.98. The third-order valence-corrected chi connectivity index (χ3v) is 8.24. The monoisotopic (exact) mass is 566 g/mol. The number of pyridine rings is 1. The molecule has 0 saturated carbocycles. The maximum atomic E-state index is 13.5. The molecule has 0 aliphatic carbocycles. The number of hydrogen-bond donors (Lipinski definition) is 0. The van der Waals surface area contributed by atoms with Gasteiger partial charge in [-0.15, -0.1) is 0 Å². The Morgan fingerprint density at radius 2 is 1.38 bits per heavy atom. The number of halogens is 1. The van der Waals surface area contributed by atoms with Gasteiger partial charge in [-0.3, -0.25) is 14.5 Å². The smallest absolute Gasteiger partial charge is 0.355 e. The van der Waals surface area contributed by atoms with E-state index in [1.54, 1.807) is 60.1 Å². The van der Waals surface area contributed by atoms with E-state index in [2.05, 4.69) is 0 Å². The molecule has 0 atom stereocenters. The fourth-order valence-electron chi connectivity index (χ4n) is 5.00. The van der Waals surface area contributed by atoms with E-state index in [4.69, 9.17) is 16.3 Å². The summed E-state index contributed by atoms with van der Waals surface area (Å²) >= 11 is 7.73. The lowest BCUT2D eigenvalue weighted by Gasteiger charge is -2.31. The predicted molar refractivity (Wildman–Crippen MR) is 159 cm³/mol. The summed E-state index contributed by atoms with van der Waals surface area (Å²) in [6.07, 6.45) is -0.0309. The first-order valence-electron chi connectivity index (χ1n) is 12.7. The van der Waals surface area contributed by atoms with Gasteiger partial charge in [-0.1, -0.05) is 78.0 Å². The van der Waals surface area contributed by atoms with Crippen molar-refractivity contribution in [1.29, 1.82) is 0 Å².